The predicted octanol–water partition coefficient (Wildman–Crippen LogP) is 4.32. The molecule has 1 aromatic carbocycles. The Balaban J connectivity index is 2.23. The maximum atomic E-state index is 12.1. The number of ether oxygens (including phenoxy) is 1. The average molecular weight is 343 g/mol. The highest BCUT2D eigenvalue weighted by Gasteiger charge is 2.14. The Morgan fingerprint density at radius 3 is 2.62 bits per heavy atom. The molecule has 0 unspecified atom stereocenters. The second-order valence-electron chi connectivity index (χ2n) is 5.68. The molecule has 24 heavy (non-hydrogen) atoms. The summed E-state index contributed by atoms with van der Waals surface area (Å²) in [5, 5.41) is 1.86. The summed E-state index contributed by atoms with van der Waals surface area (Å²) in [6.45, 7) is 3.76. The van der Waals surface area contributed by atoms with Gasteiger partial charge in [0.1, 0.15) is 4.88 Å². The molecule has 0 aliphatic heterocycles. The molecule has 126 valence electrons. The second kappa shape index (κ2) is 7.93. The van der Waals surface area contributed by atoms with Crippen molar-refractivity contribution in [3.63, 3.8) is 0 Å². The van der Waals surface area contributed by atoms with Crippen molar-refractivity contribution >= 4 is 41.1 Å². The van der Waals surface area contributed by atoms with Crippen LogP contribution in [0.3, 0.4) is 0 Å². The third-order valence-corrected chi connectivity index (χ3v) is 4.51. The molecule has 0 bridgehead atoms. The van der Waals surface area contributed by atoms with E-state index in [9.17, 15) is 9.59 Å². The van der Waals surface area contributed by atoms with Gasteiger partial charge in [0.2, 0.25) is 5.91 Å². The normalized spacial score (nSPS) is 11.0. The van der Waals surface area contributed by atoms with Crippen LogP contribution in [0, 0.1) is 5.92 Å². The highest BCUT2D eigenvalue weighted by Crippen LogP contribution is 2.22. The molecule has 0 radical (unpaired) electrons. The van der Waals surface area contributed by atoms with E-state index in [1.165, 1.54) is 18.4 Å². The first-order valence-corrected chi connectivity index (χ1v) is 8.53. The van der Waals surface area contributed by atoms with E-state index in [1.807, 2.05) is 61.7 Å². The minimum absolute atomic E-state index is 0.0531. The first-order chi connectivity index (χ1) is 11.4. The number of anilines is 1. The van der Waals surface area contributed by atoms with Gasteiger partial charge < -0.3 is 9.64 Å². The molecule has 0 spiro atoms. The fraction of sp³-hybridized carbons (Fsp3) is 0.263. The summed E-state index contributed by atoms with van der Waals surface area (Å²) in [5.74, 6) is -0.315. The Labute approximate surface area is 146 Å². The zero-order chi connectivity index (χ0) is 17.7. The molecule has 0 fully saturated rings. The van der Waals surface area contributed by atoms with Crippen LogP contribution in [-0.4, -0.2) is 26.0 Å². The van der Waals surface area contributed by atoms with Gasteiger partial charge in [-0.1, -0.05) is 38.1 Å². The average Bonchev–Trinajstić information content (AvgIpc) is 3.06. The highest BCUT2D eigenvalue weighted by atomic mass is 32.1. The lowest BCUT2D eigenvalue weighted by atomic mass is 10.1. The number of methoxy groups -OCH3 is 1. The number of hydrogen-bond acceptors (Lipinski definition) is 4. The molecule has 1 amide bonds. The third-order valence-electron chi connectivity index (χ3n) is 3.60. The summed E-state index contributed by atoms with van der Waals surface area (Å²) in [7, 11) is 3.15. The van der Waals surface area contributed by atoms with Gasteiger partial charge in [0, 0.05) is 18.7 Å². The molecule has 2 aromatic rings. The lowest BCUT2D eigenvalue weighted by molar-refractivity contribution is -0.121. The first kappa shape index (κ1) is 17.9. The molecule has 1 aromatic heterocycles. The van der Waals surface area contributed by atoms with E-state index < -0.39 is 0 Å². The zero-order valence-corrected chi connectivity index (χ0v) is 15.1. The summed E-state index contributed by atoms with van der Waals surface area (Å²) in [6.07, 6.45) is 3.80. The largest absolute Gasteiger partial charge is 0.465 e. The van der Waals surface area contributed by atoms with Crippen LogP contribution in [0.5, 0.6) is 0 Å². The summed E-state index contributed by atoms with van der Waals surface area (Å²) >= 11 is 1.35. The van der Waals surface area contributed by atoms with Gasteiger partial charge in [0.25, 0.3) is 0 Å². The lowest BCUT2D eigenvalue weighted by Gasteiger charge is -2.19. The van der Waals surface area contributed by atoms with Crippen molar-refractivity contribution in [3.8, 4) is 0 Å². The first-order valence-electron chi connectivity index (χ1n) is 7.65. The van der Waals surface area contributed by atoms with Crippen molar-refractivity contribution in [2.75, 3.05) is 19.1 Å². The topological polar surface area (TPSA) is 46.6 Å². The van der Waals surface area contributed by atoms with E-state index in [-0.39, 0.29) is 17.8 Å². The second-order valence-corrected chi connectivity index (χ2v) is 6.59. The van der Waals surface area contributed by atoms with Crippen LogP contribution in [-0.2, 0) is 9.53 Å². The smallest absolute Gasteiger partial charge is 0.348 e. The number of carbonyl (C=O) groups is 2. The molecule has 0 saturated carbocycles. The molecule has 1 heterocycles. The third kappa shape index (κ3) is 4.11. The molecule has 0 atom stereocenters. The fourth-order valence-corrected chi connectivity index (χ4v) is 3.05. The number of esters is 1. The van der Waals surface area contributed by atoms with Crippen molar-refractivity contribution < 1.29 is 14.3 Å². The van der Waals surface area contributed by atoms with Gasteiger partial charge in [-0.3, -0.25) is 4.79 Å². The number of nitrogens with zero attached hydrogens (tertiary/aromatic N) is 1. The fourth-order valence-electron chi connectivity index (χ4n) is 2.25. The van der Waals surface area contributed by atoms with E-state index in [4.69, 9.17) is 4.74 Å². The molecule has 2 rings (SSSR count). The SMILES string of the molecule is COC(=O)c1sccc1C=Cc1cccc(N(C)C(=O)C(C)C)c1. The number of hydrogen-bond donors (Lipinski definition) is 0. The van der Waals surface area contributed by atoms with Gasteiger partial charge in [-0.25, -0.2) is 4.79 Å². The molecule has 5 heteroatoms. The van der Waals surface area contributed by atoms with Crippen LogP contribution in [0.15, 0.2) is 35.7 Å². The zero-order valence-electron chi connectivity index (χ0n) is 14.3. The summed E-state index contributed by atoms with van der Waals surface area (Å²) in [4.78, 5) is 26.0. The molecule has 0 aliphatic rings. The monoisotopic (exact) mass is 343 g/mol. The van der Waals surface area contributed by atoms with Crippen LogP contribution >= 0.6 is 11.3 Å². The maximum Gasteiger partial charge on any atom is 0.348 e. The van der Waals surface area contributed by atoms with E-state index in [1.54, 1.807) is 11.9 Å². The van der Waals surface area contributed by atoms with E-state index in [0.29, 0.717) is 4.88 Å². The van der Waals surface area contributed by atoms with Crippen LogP contribution in [0.2, 0.25) is 0 Å². The lowest BCUT2D eigenvalue weighted by Crippen LogP contribution is -2.30. The Bertz CT molecular complexity index is 761. The van der Waals surface area contributed by atoms with Crippen LogP contribution in [0.4, 0.5) is 5.69 Å². The van der Waals surface area contributed by atoms with E-state index in [2.05, 4.69) is 0 Å². The number of rotatable bonds is 5. The van der Waals surface area contributed by atoms with Gasteiger partial charge in [-0.2, -0.15) is 0 Å². The van der Waals surface area contributed by atoms with Gasteiger partial charge >= 0.3 is 5.97 Å². The number of benzene rings is 1. The van der Waals surface area contributed by atoms with Crippen molar-refractivity contribution in [1.29, 1.82) is 0 Å². The molecule has 0 saturated heterocycles. The highest BCUT2D eigenvalue weighted by molar-refractivity contribution is 7.12. The molecule has 0 aliphatic carbocycles. The molecular formula is C19H21NO3S. The Morgan fingerprint density at radius 2 is 1.96 bits per heavy atom. The predicted molar refractivity (Wildman–Crippen MR) is 99.3 cm³/mol. The molecule has 0 N–H and O–H groups in total. The minimum atomic E-state index is -0.333. The Hall–Kier alpha value is -2.40. The maximum absolute atomic E-state index is 12.1. The Morgan fingerprint density at radius 1 is 1.21 bits per heavy atom. The summed E-state index contributed by atoms with van der Waals surface area (Å²) in [6, 6.07) is 9.60. The van der Waals surface area contributed by atoms with Gasteiger partial charge in [0.05, 0.1) is 7.11 Å². The van der Waals surface area contributed by atoms with Crippen molar-refractivity contribution in [2.24, 2.45) is 5.92 Å². The number of thiophene rings is 1. The minimum Gasteiger partial charge on any atom is -0.465 e. The van der Waals surface area contributed by atoms with Crippen LogP contribution in [0.1, 0.15) is 34.6 Å². The van der Waals surface area contributed by atoms with Gasteiger partial charge in [0.15, 0.2) is 0 Å². The van der Waals surface area contributed by atoms with Crippen molar-refractivity contribution in [1.82, 2.24) is 0 Å². The quantitative estimate of drug-likeness (QED) is 0.760. The van der Waals surface area contributed by atoms with E-state index >= 15 is 0 Å². The standard InChI is InChI=1S/C19H21NO3S/c1-13(2)18(21)20(3)16-7-5-6-14(12-16)8-9-15-10-11-24-17(15)19(22)23-4/h5-13H,1-4H3. The Kier molecular flexibility index (Phi) is 5.93. The van der Waals surface area contributed by atoms with Crippen molar-refractivity contribution in [3.05, 3.63) is 51.7 Å². The summed E-state index contributed by atoms with van der Waals surface area (Å²) in [5.41, 5.74) is 2.62. The molecular weight excluding hydrogens is 322 g/mol. The summed E-state index contributed by atoms with van der Waals surface area (Å²) < 4.78 is 4.78. The number of amides is 1. The van der Waals surface area contributed by atoms with Gasteiger partial charge in [-0.15, -0.1) is 11.3 Å². The van der Waals surface area contributed by atoms with Crippen LogP contribution < -0.4 is 4.90 Å². The number of carbonyl (C=O) groups excluding carboxylic acids is 2. The molecule has 4 nitrogen and oxygen atoms in total. The van der Waals surface area contributed by atoms with Gasteiger partial charge in [-0.05, 0) is 34.7 Å². The van der Waals surface area contributed by atoms with E-state index in [0.717, 1.165) is 16.8 Å². The van der Waals surface area contributed by atoms with Crippen molar-refractivity contribution in [2.45, 2.75) is 13.8 Å². The van der Waals surface area contributed by atoms with Crippen LogP contribution in [0.25, 0.3) is 12.2 Å².